The number of fused-ring (bicyclic) bond motifs is 1. The lowest BCUT2D eigenvalue weighted by molar-refractivity contribution is 0.401. The first kappa shape index (κ1) is 13.1. The first-order valence-electron chi connectivity index (χ1n) is 5.91. The fourth-order valence-corrected chi connectivity index (χ4v) is 2.40. The zero-order valence-electron chi connectivity index (χ0n) is 10.6. The second-order valence-electron chi connectivity index (χ2n) is 4.22. The molecule has 102 valence electrons. The highest BCUT2D eigenvalue weighted by molar-refractivity contribution is 7.71. The lowest BCUT2D eigenvalue weighted by Gasteiger charge is -2.04. The number of hydrogen-bond acceptors (Lipinski definition) is 4. The van der Waals surface area contributed by atoms with Gasteiger partial charge >= 0.3 is 0 Å². The molecule has 2 aromatic heterocycles. The minimum atomic E-state index is 0.482. The molecule has 0 atom stereocenters. The third-order valence-electron chi connectivity index (χ3n) is 2.97. The van der Waals surface area contributed by atoms with E-state index in [9.17, 15) is 0 Å². The third-order valence-corrected chi connectivity index (χ3v) is 3.55. The van der Waals surface area contributed by atoms with Crippen LogP contribution in [0.5, 0.6) is 5.88 Å². The number of ether oxygens (including phenoxy) is 1. The summed E-state index contributed by atoms with van der Waals surface area (Å²) in [6.07, 6.45) is 1.46. The van der Waals surface area contributed by atoms with Gasteiger partial charge in [-0.3, -0.25) is 4.57 Å². The van der Waals surface area contributed by atoms with Crippen molar-refractivity contribution in [3.8, 4) is 5.88 Å². The van der Waals surface area contributed by atoms with Gasteiger partial charge < -0.3 is 9.72 Å². The smallest absolute Gasteiger partial charge is 0.242 e. The van der Waals surface area contributed by atoms with E-state index in [1.54, 1.807) is 7.11 Å². The molecule has 3 rings (SSSR count). The molecule has 0 fully saturated rings. The van der Waals surface area contributed by atoms with Crippen molar-refractivity contribution >= 4 is 35.0 Å². The molecular weight excluding hydrogens is 296 g/mol. The number of halogens is 1. The molecule has 1 N–H and O–H groups in total. The Balaban J connectivity index is 2.10. The Bertz CT molecular complexity index is 809. The van der Waals surface area contributed by atoms with Crippen LogP contribution in [0.3, 0.4) is 0 Å². The molecule has 20 heavy (non-hydrogen) atoms. The Hall–Kier alpha value is -1.92. The first-order chi connectivity index (χ1) is 9.69. The van der Waals surface area contributed by atoms with Crippen LogP contribution in [0.15, 0.2) is 30.6 Å². The van der Waals surface area contributed by atoms with E-state index in [1.807, 2.05) is 28.8 Å². The number of hydrogen-bond donors (Lipinski definition) is 1. The predicted molar refractivity (Wildman–Crippen MR) is 79.8 cm³/mol. The maximum Gasteiger partial charge on any atom is 0.242 e. The molecule has 7 heteroatoms. The van der Waals surface area contributed by atoms with E-state index >= 15 is 0 Å². The summed E-state index contributed by atoms with van der Waals surface area (Å²) in [6, 6.07) is 7.62. The number of aromatic nitrogens is 4. The summed E-state index contributed by atoms with van der Waals surface area (Å²) in [4.78, 5) is 11.4. The average molecular weight is 307 g/mol. The Labute approximate surface area is 125 Å². The summed E-state index contributed by atoms with van der Waals surface area (Å²) < 4.78 is 7.68. The first-order valence-corrected chi connectivity index (χ1v) is 6.69. The molecule has 2 heterocycles. The highest BCUT2D eigenvalue weighted by Gasteiger charge is 2.11. The van der Waals surface area contributed by atoms with Gasteiger partial charge in [0.15, 0.2) is 10.4 Å². The van der Waals surface area contributed by atoms with Gasteiger partial charge in [0.05, 0.1) is 13.7 Å². The van der Waals surface area contributed by atoms with Crippen LogP contribution in [0.1, 0.15) is 5.56 Å². The second-order valence-corrected chi connectivity index (χ2v) is 5.05. The van der Waals surface area contributed by atoms with Gasteiger partial charge in [-0.2, -0.15) is 4.98 Å². The minimum Gasteiger partial charge on any atom is -0.479 e. The topological polar surface area (TPSA) is 55.7 Å². The normalized spacial score (nSPS) is 10.9. The van der Waals surface area contributed by atoms with Crippen LogP contribution in [0, 0.1) is 4.77 Å². The highest BCUT2D eigenvalue weighted by atomic mass is 35.5. The maximum atomic E-state index is 5.89. The van der Waals surface area contributed by atoms with Gasteiger partial charge in [0.1, 0.15) is 11.8 Å². The lowest BCUT2D eigenvalue weighted by Crippen LogP contribution is -2.01. The van der Waals surface area contributed by atoms with Gasteiger partial charge in [0.25, 0.3) is 0 Å². The van der Waals surface area contributed by atoms with E-state index in [4.69, 9.17) is 28.6 Å². The van der Waals surface area contributed by atoms with Crippen LogP contribution >= 0.6 is 23.8 Å². The fourth-order valence-electron chi connectivity index (χ4n) is 2.02. The van der Waals surface area contributed by atoms with Crippen LogP contribution in [-0.2, 0) is 6.54 Å². The van der Waals surface area contributed by atoms with Crippen molar-refractivity contribution < 1.29 is 4.74 Å². The van der Waals surface area contributed by atoms with Gasteiger partial charge in [0.2, 0.25) is 5.88 Å². The maximum absolute atomic E-state index is 5.89. The lowest BCUT2D eigenvalue weighted by atomic mass is 10.2. The van der Waals surface area contributed by atoms with E-state index in [0.717, 1.165) is 11.2 Å². The molecule has 0 aliphatic rings. The molecule has 0 saturated heterocycles. The molecule has 0 radical (unpaired) electrons. The van der Waals surface area contributed by atoms with Crippen LogP contribution in [0.2, 0.25) is 5.02 Å². The van der Waals surface area contributed by atoms with Gasteiger partial charge in [-0.1, -0.05) is 23.7 Å². The molecule has 0 bridgehead atoms. The number of methoxy groups -OCH3 is 1. The van der Waals surface area contributed by atoms with E-state index in [1.165, 1.54) is 6.33 Å². The van der Waals surface area contributed by atoms with Gasteiger partial charge in [-0.25, -0.2) is 4.98 Å². The van der Waals surface area contributed by atoms with Crippen molar-refractivity contribution in [1.29, 1.82) is 0 Å². The monoisotopic (exact) mass is 306 g/mol. The molecule has 5 nitrogen and oxygen atoms in total. The molecule has 1 aromatic carbocycles. The number of imidazole rings is 1. The number of benzene rings is 1. The molecular formula is C13H11ClN4OS. The summed E-state index contributed by atoms with van der Waals surface area (Å²) in [7, 11) is 1.56. The van der Waals surface area contributed by atoms with E-state index in [2.05, 4.69) is 15.0 Å². The van der Waals surface area contributed by atoms with Gasteiger partial charge in [-0.15, -0.1) is 0 Å². The molecule has 0 saturated carbocycles. The molecule has 0 amide bonds. The van der Waals surface area contributed by atoms with Gasteiger partial charge in [0, 0.05) is 5.02 Å². The number of nitrogens with one attached hydrogen (secondary N) is 1. The minimum absolute atomic E-state index is 0.482. The van der Waals surface area contributed by atoms with E-state index in [0.29, 0.717) is 27.7 Å². The SMILES string of the molecule is COc1ncnc2c1[nH]c(=S)n2Cc1ccc(Cl)cc1. The van der Waals surface area contributed by atoms with Crippen molar-refractivity contribution in [3.63, 3.8) is 0 Å². The second kappa shape index (κ2) is 5.22. The Morgan fingerprint density at radius 2 is 2.05 bits per heavy atom. The average Bonchev–Trinajstić information content (AvgIpc) is 2.77. The van der Waals surface area contributed by atoms with Gasteiger partial charge in [-0.05, 0) is 29.9 Å². The zero-order valence-corrected chi connectivity index (χ0v) is 12.2. The summed E-state index contributed by atoms with van der Waals surface area (Å²) in [5.41, 5.74) is 2.51. The Kier molecular flexibility index (Phi) is 3.42. The number of aromatic amines is 1. The standard InChI is InChI=1S/C13H11ClN4OS/c1-19-12-10-11(15-7-16-12)18(13(20)17-10)6-8-2-4-9(14)5-3-8/h2-5,7H,6H2,1H3,(H,17,20). The third kappa shape index (κ3) is 2.28. The summed E-state index contributed by atoms with van der Waals surface area (Å²) in [5.74, 6) is 0.482. The van der Waals surface area contributed by atoms with Crippen LogP contribution < -0.4 is 4.74 Å². The van der Waals surface area contributed by atoms with Crippen LogP contribution in [0.25, 0.3) is 11.2 Å². The van der Waals surface area contributed by atoms with E-state index in [-0.39, 0.29) is 0 Å². The largest absolute Gasteiger partial charge is 0.479 e. The van der Waals surface area contributed by atoms with Crippen molar-refractivity contribution in [2.24, 2.45) is 0 Å². The highest BCUT2D eigenvalue weighted by Crippen LogP contribution is 2.21. The molecule has 3 aromatic rings. The van der Waals surface area contributed by atoms with E-state index < -0.39 is 0 Å². The fraction of sp³-hybridized carbons (Fsp3) is 0.154. The predicted octanol–water partition coefficient (Wildman–Crippen LogP) is 3.20. The summed E-state index contributed by atoms with van der Waals surface area (Å²) in [6.45, 7) is 0.607. The summed E-state index contributed by atoms with van der Waals surface area (Å²) >= 11 is 11.2. The quantitative estimate of drug-likeness (QED) is 0.755. The van der Waals surface area contributed by atoms with Crippen LogP contribution in [0.4, 0.5) is 0 Å². The molecule has 0 aliphatic carbocycles. The summed E-state index contributed by atoms with van der Waals surface area (Å²) in [5, 5.41) is 0.709. The van der Waals surface area contributed by atoms with Crippen molar-refractivity contribution in [2.75, 3.05) is 7.11 Å². The number of nitrogens with zero attached hydrogens (tertiary/aromatic N) is 3. The molecule has 0 aliphatic heterocycles. The van der Waals surface area contributed by atoms with Crippen molar-refractivity contribution in [3.05, 3.63) is 45.9 Å². The molecule has 0 spiro atoms. The van der Waals surface area contributed by atoms with Crippen molar-refractivity contribution in [1.82, 2.24) is 19.5 Å². The van der Waals surface area contributed by atoms with Crippen LogP contribution in [-0.4, -0.2) is 26.6 Å². The van der Waals surface area contributed by atoms with Crippen molar-refractivity contribution in [2.45, 2.75) is 6.54 Å². The number of H-pyrrole nitrogens is 1. The zero-order chi connectivity index (χ0) is 14.1. The Morgan fingerprint density at radius 3 is 2.75 bits per heavy atom. The Morgan fingerprint density at radius 1 is 1.30 bits per heavy atom. The number of rotatable bonds is 3. The molecule has 0 unspecified atom stereocenters.